The lowest BCUT2D eigenvalue weighted by molar-refractivity contribution is -0.134. The van der Waals surface area contributed by atoms with E-state index >= 15 is 0 Å². The summed E-state index contributed by atoms with van der Waals surface area (Å²) in [4.78, 5) is 27.6. The van der Waals surface area contributed by atoms with E-state index in [1.54, 1.807) is 11.9 Å². The number of carbonyl (C=O) groups is 2. The second-order valence-electron chi connectivity index (χ2n) is 6.12. The van der Waals surface area contributed by atoms with Crippen molar-refractivity contribution in [2.75, 3.05) is 31.6 Å². The molecule has 2 amide bonds. The summed E-state index contributed by atoms with van der Waals surface area (Å²) in [7, 11) is 1.77. The number of likely N-dealkylation sites (N-methyl/N-ethyl adjacent to an activating group) is 2. The first-order chi connectivity index (χ1) is 11.1. The van der Waals surface area contributed by atoms with E-state index < -0.39 is 0 Å². The molecular formula is C17H23N3O3. The lowest BCUT2D eigenvalue weighted by Gasteiger charge is -2.37. The first-order valence-corrected chi connectivity index (χ1v) is 8.13. The predicted molar refractivity (Wildman–Crippen MR) is 87.5 cm³/mol. The molecule has 1 fully saturated rings. The van der Waals surface area contributed by atoms with E-state index in [0.29, 0.717) is 19.4 Å². The fourth-order valence-electron chi connectivity index (χ4n) is 3.23. The molecule has 1 aromatic rings. The van der Waals surface area contributed by atoms with Gasteiger partial charge in [0.25, 0.3) is 0 Å². The average Bonchev–Trinajstić information content (AvgIpc) is 2.99. The van der Waals surface area contributed by atoms with Gasteiger partial charge in [0.2, 0.25) is 11.8 Å². The maximum absolute atomic E-state index is 12.4. The maximum Gasteiger partial charge on any atom is 0.245 e. The van der Waals surface area contributed by atoms with Crippen molar-refractivity contribution in [2.45, 2.75) is 31.9 Å². The summed E-state index contributed by atoms with van der Waals surface area (Å²) in [6.07, 6.45) is 0.939. The van der Waals surface area contributed by atoms with Crippen molar-refractivity contribution < 1.29 is 14.3 Å². The predicted octanol–water partition coefficient (Wildman–Crippen LogP) is 1.01. The Balaban J connectivity index is 1.64. The van der Waals surface area contributed by atoms with Crippen LogP contribution in [0.2, 0.25) is 0 Å². The number of hydrogen-bond acceptors (Lipinski definition) is 4. The minimum Gasteiger partial charge on any atom is -0.485 e. The van der Waals surface area contributed by atoms with Gasteiger partial charge < -0.3 is 19.9 Å². The zero-order valence-electron chi connectivity index (χ0n) is 13.6. The molecule has 2 aliphatic heterocycles. The van der Waals surface area contributed by atoms with Crippen LogP contribution in [0.4, 0.5) is 5.69 Å². The molecule has 1 aromatic carbocycles. The van der Waals surface area contributed by atoms with Crippen LogP contribution < -0.4 is 15.0 Å². The third-order valence-electron chi connectivity index (χ3n) is 4.45. The Kier molecular flexibility index (Phi) is 4.41. The highest BCUT2D eigenvalue weighted by Gasteiger charge is 2.32. The van der Waals surface area contributed by atoms with Crippen LogP contribution in [0.15, 0.2) is 24.3 Å². The van der Waals surface area contributed by atoms with Crippen molar-refractivity contribution >= 4 is 17.5 Å². The monoisotopic (exact) mass is 317 g/mol. The van der Waals surface area contributed by atoms with Gasteiger partial charge in [0.1, 0.15) is 17.9 Å². The number of benzene rings is 1. The maximum atomic E-state index is 12.4. The van der Waals surface area contributed by atoms with E-state index in [9.17, 15) is 9.59 Å². The first kappa shape index (κ1) is 15.6. The summed E-state index contributed by atoms with van der Waals surface area (Å²) >= 11 is 0. The SMILES string of the molecule is CCN1C[C@H](CN(C)C(=O)[C@@H]2CCC(=O)N2)Oc2ccccc21. The second kappa shape index (κ2) is 6.48. The molecule has 1 saturated heterocycles. The number of anilines is 1. The van der Waals surface area contributed by atoms with Gasteiger partial charge in [-0.25, -0.2) is 0 Å². The van der Waals surface area contributed by atoms with Crippen molar-refractivity contribution in [1.82, 2.24) is 10.2 Å². The van der Waals surface area contributed by atoms with E-state index in [1.807, 2.05) is 18.2 Å². The lowest BCUT2D eigenvalue weighted by Crippen LogP contribution is -2.50. The normalized spacial score (nSPS) is 23.0. The molecule has 23 heavy (non-hydrogen) atoms. The van der Waals surface area contributed by atoms with Gasteiger partial charge in [-0.2, -0.15) is 0 Å². The molecule has 0 radical (unpaired) electrons. The summed E-state index contributed by atoms with van der Waals surface area (Å²) in [5.41, 5.74) is 1.10. The summed E-state index contributed by atoms with van der Waals surface area (Å²) in [6, 6.07) is 7.59. The minimum atomic E-state index is -0.384. The fraction of sp³-hybridized carbons (Fsp3) is 0.529. The molecule has 1 N–H and O–H groups in total. The van der Waals surface area contributed by atoms with Crippen LogP contribution >= 0.6 is 0 Å². The fourth-order valence-corrected chi connectivity index (χ4v) is 3.23. The van der Waals surface area contributed by atoms with E-state index in [1.165, 1.54) is 0 Å². The average molecular weight is 317 g/mol. The van der Waals surface area contributed by atoms with Gasteiger partial charge in [-0.05, 0) is 25.5 Å². The van der Waals surface area contributed by atoms with Crippen molar-refractivity contribution in [2.24, 2.45) is 0 Å². The summed E-state index contributed by atoms with van der Waals surface area (Å²) in [5, 5.41) is 2.73. The van der Waals surface area contributed by atoms with Crippen LogP contribution in [0, 0.1) is 0 Å². The van der Waals surface area contributed by atoms with Crippen molar-refractivity contribution in [3.8, 4) is 5.75 Å². The molecular weight excluding hydrogens is 294 g/mol. The summed E-state index contributed by atoms with van der Waals surface area (Å²) in [6.45, 7) is 4.27. The zero-order valence-corrected chi connectivity index (χ0v) is 13.6. The number of para-hydroxylation sites is 2. The van der Waals surface area contributed by atoms with E-state index in [-0.39, 0.29) is 24.0 Å². The van der Waals surface area contributed by atoms with Gasteiger partial charge in [-0.3, -0.25) is 9.59 Å². The first-order valence-electron chi connectivity index (χ1n) is 8.13. The van der Waals surface area contributed by atoms with Gasteiger partial charge in [-0.15, -0.1) is 0 Å². The van der Waals surface area contributed by atoms with Gasteiger partial charge in [0.05, 0.1) is 18.8 Å². The van der Waals surface area contributed by atoms with Crippen LogP contribution in [-0.2, 0) is 9.59 Å². The number of nitrogens with one attached hydrogen (secondary N) is 1. The van der Waals surface area contributed by atoms with Crippen LogP contribution in [-0.4, -0.2) is 55.5 Å². The number of rotatable bonds is 4. The van der Waals surface area contributed by atoms with E-state index in [4.69, 9.17) is 4.74 Å². The van der Waals surface area contributed by atoms with Crippen LogP contribution in [0.25, 0.3) is 0 Å². The molecule has 0 aromatic heterocycles. The topological polar surface area (TPSA) is 61.9 Å². The molecule has 6 heteroatoms. The van der Waals surface area contributed by atoms with Crippen LogP contribution in [0.5, 0.6) is 5.75 Å². The molecule has 2 atom stereocenters. The standard InChI is InChI=1S/C17H23N3O3/c1-3-20-11-12(23-15-7-5-4-6-14(15)20)10-19(2)17(22)13-8-9-16(21)18-13/h4-7,12-13H,3,8-11H2,1-2H3,(H,18,21)/t12-,13-/m0/s1. The molecule has 0 bridgehead atoms. The molecule has 6 nitrogen and oxygen atoms in total. The number of carbonyl (C=O) groups excluding carboxylic acids is 2. The quantitative estimate of drug-likeness (QED) is 0.900. The zero-order chi connectivity index (χ0) is 16.4. The van der Waals surface area contributed by atoms with E-state index in [2.05, 4.69) is 23.2 Å². The molecule has 0 unspecified atom stereocenters. The van der Waals surface area contributed by atoms with Crippen molar-refractivity contribution in [3.63, 3.8) is 0 Å². The Morgan fingerprint density at radius 1 is 1.43 bits per heavy atom. The molecule has 124 valence electrons. The summed E-state index contributed by atoms with van der Waals surface area (Å²) in [5.74, 6) is 0.777. The Morgan fingerprint density at radius 3 is 2.91 bits per heavy atom. The molecule has 0 aliphatic carbocycles. The molecule has 0 saturated carbocycles. The van der Waals surface area contributed by atoms with Gasteiger partial charge in [0.15, 0.2) is 0 Å². The van der Waals surface area contributed by atoms with Crippen LogP contribution in [0.3, 0.4) is 0 Å². The Hall–Kier alpha value is -2.24. The third kappa shape index (κ3) is 3.25. The van der Waals surface area contributed by atoms with Crippen molar-refractivity contribution in [3.05, 3.63) is 24.3 Å². The highest BCUT2D eigenvalue weighted by Crippen LogP contribution is 2.32. The van der Waals surface area contributed by atoms with Gasteiger partial charge >= 0.3 is 0 Å². The molecule has 0 spiro atoms. The van der Waals surface area contributed by atoms with E-state index in [0.717, 1.165) is 24.5 Å². The highest BCUT2D eigenvalue weighted by molar-refractivity contribution is 5.90. The Morgan fingerprint density at radius 2 is 2.22 bits per heavy atom. The number of amides is 2. The number of nitrogens with zero attached hydrogens (tertiary/aromatic N) is 2. The molecule has 3 rings (SSSR count). The minimum absolute atomic E-state index is 0.0404. The third-order valence-corrected chi connectivity index (χ3v) is 4.45. The van der Waals surface area contributed by atoms with Crippen molar-refractivity contribution in [1.29, 1.82) is 0 Å². The molecule has 2 aliphatic rings. The Bertz CT molecular complexity index is 605. The number of ether oxygens (including phenoxy) is 1. The molecule has 2 heterocycles. The number of fused-ring (bicyclic) bond motifs is 1. The smallest absolute Gasteiger partial charge is 0.245 e. The Labute approximate surface area is 136 Å². The van der Waals surface area contributed by atoms with Gasteiger partial charge in [-0.1, -0.05) is 12.1 Å². The highest BCUT2D eigenvalue weighted by atomic mass is 16.5. The number of hydrogen-bond donors (Lipinski definition) is 1. The van der Waals surface area contributed by atoms with Gasteiger partial charge in [0, 0.05) is 20.0 Å². The summed E-state index contributed by atoms with van der Waals surface area (Å²) < 4.78 is 6.05. The second-order valence-corrected chi connectivity index (χ2v) is 6.12. The largest absolute Gasteiger partial charge is 0.485 e. The van der Waals surface area contributed by atoms with Crippen LogP contribution in [0.1, 0.15) is 19.8 Å². The lowest BCUT2D eigenvalue weighted by atomic mass is 10.1.